The number of nitrogens with one attached hydrogen (secondary N) is 1. The van der Waals surface area contributed by atoms with Crippen LogP contribution in [0, 0.1) is 0 Å². The standard InChI is InChI=1S/C12H12N4O3S2/c17-10(18)7-20-4-3-15-11(19)9-6-21-12(16-9)8-5-13-1-2-14-8/h1-2,5-6H,3-4,7H2,(H,15,19)(H,17,18). The van der Waals surface area contributed by atoms with Crippen LogP contribution in [0.15, 0.2) is 24.0 Å². The van der Waals surface area contributed by atoms with E-state index < -0.39 is 5.97 Å². The first-order valence-corrected chi connectivity index (χ1v) is 8.00. The Morgan fingerprint density at radius 3 is 2.95 bits per heavy atom. The SMILES string of the molecule is O=C(O)CSCCNC(=O)c1csc(-c2cnccn2)n1. The van der Waals surface area contributed by atoms with E-state index in [2.05, 4.69) is 20.3 Å². The van der Waals surface area contributed by atoms with Crippen LogP contribution in [0.1, 0.15) is 10.5 Å². The molecule has 2 heterocycles. The van der Waals surface area contributed by atoms with Gasteiger partial charge in [-0.15, -0.1) is 23.1 Å². The van der Waals surface area contributed by atoms with E-state index in [0.717, 1.165) is 0 Å². The molecule has 0 fully saturated rings. The lowest BCUT2D eigenvalue weighted by Crippen LogP contribution is -2.26. The number of carboxylic acids is 1. The molecule has 0 radical (unpaired) electrons. The van der Waals surface area contributed by atoms with Gasteiger partial charge in [-0.3, -0.25) is 19.6 Å². The summed E-state index contributed by atoms with van der Waals surface area (Å²) >= 11 is 2.57. The van der Waals surface area contributed by atoms with Crippen molar-refractivity contribution in [2.75, 3.05) is 18.1 Å². The Morgan fingerprint density at radius 1 is 1.38 bits per heavy atom. The van der Waals surface area contributed by atoms with Gasteiger partial charge in [0.15, 0.2) is 0 Å². The maximum atomic E-state index is 11.9. The molecule has 0 bridgehead atoms. The van der Waals surface area contributed by atoms with E-state index in [9.17, 15) is 9.59 Å². The van der Waals surface area contributed by atoms with E-state index in [1.54, 1.807) is 24.0 Å². The van der Waals surface area contributed by atoms with Gasteiger partial charge in [-0.25, -0.2) is 4.98 Å². The van der Waals surface area contributed by atoms with Gasteiger partial charge in [0.2, 0.25) is 0 Å². The lowest BCUT2D eigenvalue weighted by molar-refractivity contribution is -0.133. The van der Waals surface area contributed by atoms with Crippen LogP contribution >= 0.6 is 23.1 Å². The normalized spacial score (nSPS) is 10.3. The van der Waals surface area contributed by atoms with Crippen molar-refractivity contribution in [3.63, 3.8) is 0 Å². The second-order valence-corrected chi connectivity index (χ2v) is 5.79. The molecule has 0 spiro atoms. The second-order valence-electron chi connectivity index (χ2n) is 3.83. The first-order valence-electron chi connectivity index (χ1n) is 5.96. The van der Waals surface area contributed by atoms with Gasteiger partial charge in [-0.2, -0.15) is 0 Å². The summed E-state index contributed by atoms with van der Waals surface area (Å²) in [5, 5.41) is 13.5. The van der Waals surface area contributed by atoms with Crippen LogP contribution in [0.5, 0.6) is 0 Å². The fourth-order valence-corrected chi connectivity index (χ4v) is 2.72. The second kappa shape index (κ2) is 7.70. The number of aromatic nitrogens is 3. The van der Waals surface area contributed by atoms with Gasteiger partial charge in [-0.05, 0) is 0 Å². The van der Waals surface area contributed by atoms with E-state index in [-0.39, 0.29) is 11.7 Å². The number of amides is 1. The van der Waals surface area contributed by atoms with Crippen molar-refractivity contribution in [3.05, 3.63) is 29.7 Å². The van der Waals surface area contributed by atoms with Crippen molar-refractivity contribution in [3.8, 4) is 10.7 Å². The Labute approximate surface area is 128 Å². The summed E-state index contributed by atoms with van der Waals surface area (Å²) in [6.07, 6.45) is 4.72. The maximum Gasteiger partial charge on any atom is 0.313 e. The maximum absolute atomic E-state index is 11.9. The molecule has 0 aliphatic rings. The number of nitrogens with zero attached hydrogens (tertiary/aromatic N) is 3. The third-order valence-electron chi connectivity index (χ3n) is 2.28. The predicted octanol–water partition coefficient (Wildman–Crippen LogP) is 1.15. The molecule has 0 unspecified atom stereocenters. The van der Waals surface area contributed by atoms with E-state index >= 15 is 0 Å². The molecule has 0 aliphatic heterocycles. The van der Waals surface area contributed by atoms with Gasteiger partial charge < -0.3 is 10.4 Å². The summed E-state index contributed by atoms with van der Waals surface area (Å²) < 4.78 is 0. The summed E-state index contributed by atoms with van der Waals surface area (Å²) in [6.45, 7) is 0.398. The Bertz CT molecular complexity index is 618. The number of rotatable bonds is 7. The van der Waals surface area contributed by atoms with Crippen molar-refractivity contribution in [2.45, 2.75) is 0 Å². The van der Waals surface area contributed by atoms with Crippen LogP contribution in [0.2, 0.25) is 0 Å². The van der Waals surface area contributed by atoms with Crippen LogP contribution < -0.4 is 5.32 Å². The molecule has 0 saturated carbocycles. The Hall–Kier alpha value is -2.00. The highest BCUT2D eigenvalue weighted by Crippen LogP contribution is 2.20. The van der Waals surface area contributed by atoms with Gasteiger partial charge in [0.25, 0.3) is 5.91 Å². The smallest absolute Gasteiger partial charge is 0.313 e. The number of thioether (sulfide) groups is 1. The van der Waals surface area contributed by atoms with Crippen molar-refractivity contribution < 1.29 is 14.7 Å². The zero-order valence-corrected chi connectivity index (χ0v) is 12.5. The molecule has 2 rings (SSSR count). The molecule has 0 atom stereocenters. The fourth-order valence-electron chi connectivity index (χ4n) is 1.39. The van der Waals surface area contributed by atoms with Gasteiger partial charge in [0, 0.05) is 30.1 Å². The molecule has 9 heteroatoms. The molecule has 110 valence electrons. The minimum atomic E-state index is -0.862. The summed E-state index contributed by atoms with van der Waals surface area (Å²) in [6, 6.07) is 0. The zero-order chi connectivity index (χ0) is 15.1. The summed E-state index contributed by atoms with van der Waals surface area (Å²) in [5.41, 5.74) is 0.947. The monoisotopic (exact) mass is 324 g/mol. The van der Waals surface area contributed by atoms with Crippen molar-refractivity contribution in [1.29, 1.82) is 0 Å². The van der Waals surface area contributed by atoms with Crippen molar-refractivity contribution >= 4 is 35.0 Å². The van der Waals surface area contributed by atoms with Gasteiger partial charge >= 0.3 is 5.97 Å². The molecule has 1 amide bonds. The first kappa shape index (κ1) is 15.4. The van der Waals surface area contributed by atoms with Gasteiger partial charge in [-0.1, -0.05) is 0 Å². The highest BCUT2D eigenvalue weighted by Gasteiger charge is 2.12. The highest BCUT2D eigenvalue weighted by molar-refractivity contribution is 7.99. The third kappa shape index (κ3) is 4.80. The number of carbonyl (C=O) groups excluding carboxylic acids is 1. The van der Waals surface area contributed by atoms with E-state index in [4.69, 9.17) is 5.11 Å². The number of carbonyl (C=O) groups is 2. The summed E-state index contributed by atoms with van der Waals surface area (Å²) in [5.74, 6) is -0.570. The minimum Gasteiger partial charge on any atom is -0.481 e. The molecule has 2 aromatic heterocycles. The van der Waals surface area contributed by atoms with Crippen LogP contribution in [0.25, 0.3) is 10.7 Å². The van der Waals surface area contributed by atoms with E-state index in [1.165, 1.54) is 23.1 Å². The fraction of sp³-hybridized carbons (Fsp3) is 0.250. The Kier molecular flexibility index (Phi) is 5.64. The average Bonchev–Trinajstić information content (AvgIpc) is 2.97. The summed E-state index contributed by atoms with van der Waals surface area (Å²) in [7, 11) is 0. The topological polar surface area (TPSA) is 105 Å². The molecular formula is C12H12N4O3S2. The largest absolute Gasteiger partial charge is 0.481 e. The van der Waals surface area contributed by atoms with Crippen LogP contribution in [-0.2, 0) is 4.79 Å². The van der Waals surface area contributed by atoms with Crippen LogP contribution in [0.3, 0.4) is 0 Å². The number of hydrogen-bond donors (Lipinski definition) is 2. The molecule has 2 N–H and O–H groups in total. The molecule has 0 aromatic carbocycles. The average molecular weight is 324 g/mol. The van der Waals surface area contributed by atoms with Crippen molar-refractivity contribution in [1.82, 2.24) is 20.3 Å². The number of hydrogen-bond acceptors (Lipinski definition) is 7. The number of thiazole rings is 1. The van der Waals surface area contributed by atoms with Crippen LogP contribution in [0.4, 0.5) is 0 Å². The highest BCUT2D eigenvalue weighted by atomic mass is 32.2. The minimum absolute atomic E-state index is 0.0311. The molecule has 7 nitrogen and oxygen atoms in total. The molecule has 0 saturated heterocycles. The summed E-state index contributed by atoms with van der Waals surface area (Å²) in [4.78, 5) is 34.5. The molecular weight excluding hydrogens is 312 g/mol. The molecule has 21 heavy (non-hydrogen) atoms. The quantitative estimate of drug-likeness (QED) is 0.736. The Morgan fingerprint density at radius 2 is 2.24 bits per heavy atom. The number of aliphatic carboxylic acids is 1. The van der Waals surface area contributed by atoms with Gasteiger partial charge in [0.05, 0.1) is 11.9 Å². The first-order chi connectivity index (χ1) is 10.2. The Balaban J connectivity index is 1.84. The number of carboxylic acid groups (broad SMARTS) is 1. The van der Waals surface area contributed by atoms with Crippen molar-refractivity contribution in [2.24, 2.45) is 0 Å². The van der Waals surface area contributed by atoms with Gasteiger partial charge in [0.1, 0.15) is 16.4 Å². The lowest BCUT2D eigenvalue weighted by atomic mass is 10.4. The molecule has 0 aliphatic carbocycles. The lowest BCUT2D eigenvalue weighted by Gasteiger charge is -2.01. The van der Waals surface area contributed by atoms with Crippen LogP contribution in [-0.4, -0.2) is 50.0 Å². The predicted molar refractivity (Wildman–Crippen MR) is 80.4 cm³/mol. The van der Waals surface area contributed by atoms with E-state index in [0.29, 0.717) is 28.7 Å². The molecule has 2 aromatic rings. The third-order valence-corrected chi connectivity index (χ3v) is 4.09. The van der Waals surface area contributed by atoms with E-state index in [1.807, 2.05) is 0 Å². The zero-order valence-electron chi connectivity index (χ0n) is 10.9.